The molecule has 0 spiro atoms. The van der Waals surface area contributed by atoms with Crippen LogP contribution < -0.4 is 5.32 Å². The van der Waals surface area contributed by atoms with Crippen LogP contribution in [-0.4, -0.2) is 31.1 Å². The van der Waals surface area contributed by atoms with Crippen molar-refractivity contribution >= 4 is 24.0 Å². The molecule has 3 rings (SSSR count). The average molecular weight is 381 g/mol. The molecule has 0 radical (unpaired) electrons. The molecule has 0 unspecified atom stereocenters. The molecule has 132 valence electrons. The van der Waals surface area contributed by atoms with Gasteiger partial charge in [-0.3, -0.25) is 4.90 Å². The third kappa shape index (κ3) is 3.88. The van der Waals surface area contributed by atoms with Crippen LogP contribution in [0.3, 0.4) is 0 Å². The van der Waals surface area contributed by atoms with Gasteiger partial charge in [-0.15, -0.1) is 12.4 Å². The normalized spacial score (nSPS) is 17.3. The Labute approximate surface area is 149 Å². The van der Waals surface area contributed by atoms with Crippen molar-refractivity contribution in [3.8, 4) is 0 Å². The number of furan rings is 1. The molecule has 8 heteroatoms. The molecule has 24 heavy (non-hydrogen) atoms. The van der Waals surface area contributed by atoms with Crippen LogP contribution in [0.5, 0.6) is 0 Å². The van der Waals surface area contributed by atoms with Gasteiger partial charge in [0.15, 0.2) is 0 Å². The van der Waals surface area contributed by atoms with Crippen molar-refractivity contribution in [1.29, 1.82) is 0 Å². The SMILES string of the molecule is Cl.FC(F)(F)c1cccc(Cl)c1[C@H](c1ccco1)N1CCNCC1. The van der Waals surface area contributed by atoms with E-state index in [0.29, 0.717) is 31.9 Å². The molecule has 1 aromatic carbocycles. The molecular formula is C16H17Cl2F3N2O. The van der Waals surface area contributed by atoms with E-state index >= 15 is 0 Å². The Morgan fingerprint density at radius 1 is 1.12 bits per heavy atom. The Bertz CT molecular complexity index is 656. The van der Waals surface area contributed by atoms with Crippen LogP contribution in [0.15, 0.2) is 41.0 Å². The predicted octanol–water partition coefficient (Wildman–Crippen LogP) is 4.37. The topological polar surface area (TPSA) is 28.4 Å². The fourth-order valence-electron chi connectivity index (χ4n) is 2.95. The van der Waals surface area contributed by atoms with Gasteiger partial charge in [-0.25, -0.2) is 0 Å². The summed E-state index contributed by atoms with van der Waals surface area (Å²) in [5, 5.41) is 3.30. The molecule has 1 aliphatic rings. The van der Waals surface area contributed by atoms with Crippen molar-refractivity contribution < 1.29 is 17.6 Å². The van der Waals surface area contributed by atoms with Crippen molar-refractivity contribution in [2.75, 3.05) is 26.2 Å². The molecule has 0 aliphatic carbocycles. The first kappa shape index (κ1) is 19.1. The zero-order valence-electron chi connectivity index (χ0n) is 12.6. The van der Waals surface area contributed by atoms with Crippen LogP contribution in [-0.2, 0) is 6.18 Å². The second-order valence-corrected chi connectivity index (χ2v) is 5.81. The van der Waals surface area contributed by atoms with E-state index in [9.17, 15) is 13.2 Å². The zero-order valence-corrected chi connectivity index (χ0v) is 14.2. The van der Waals surface area contributed by atoms with Gasteiger partial charge in [-0.05, 0) is 24.3 Å². The number of rotatable bonds is 3. The first-order valence-electron chi connectivity index (χ1n) is 7.32. The molecule has 0 bridgehead atoms. The summed E-state index contributed by atoms with van der Waals surface area (Å²) in [6, 6.07) is 6.59. The highest BCUT2D eigenvalue weighted by Crippen LogP contribution is 2.42. The first-order chi connectivity index (χ1) is 11.0. The van der Waals surface area contributed by atoms with E-state index in [4.69, 9.17) is 16.0 Å². The van der Waals surface area contributed by atoms with Crippen LogP contribution in [0.1, 0.15) is 22.9 Å². The summed E-state index contributed by atoms with van der Waals surface area (Å²) < 4.78 is 45.9. The third-order valence-corrected chi connectivity index (χ3v) is 4.29. The molecule has 2 aromatic rings. The van der Waals surface area contributed by atoms with Gasteiger partial charge in [0.2, 0.25) is 0 Å². The Balaban J connectivity index is 0.00000208. The second kappa shape index (κ2) is 7.78. The number of hydrogen-bond acceptors (Lipinski definition) is 3. The Kier molecular flexibility index (Phi) is 6.20. The predicted molar refractivity (Wildman–Crippen MR) is 88.7 cm³/mol. The fraction of sp³-hybridized carbons (Fsp3) is 0.375. The van der Waals surface area contributed by atoms with Gasteiger partial charge in [-0.2, -0.15) is 13.2 Å². The minimum atomic E-state index is -4.47. The molecule has 0 saturated carbocycles. The average Bonchev–Trinajstić information content (AvgIpc) is 3.03. The minimum absolute atomic E-state index is 0. The maximum Gasteiger partial charge on any atom is 0.416 e. The van der Waals surface area contributed by atoms with Crippen molar-refractivity contribution in [3.05, 3.63) is 58.5 Å². The maximum atomic E-state index is 13.5. The van der Waals surface area contributed by atoms with E-state index in [1.165, 1.54) is 18.4 Å². The highest BCUT2D eigenvalue weighted by atomic mass is 35.5. The van der Waals surface area contributed by atoms with Crippen LogP contribution in [0.25, 0.3) is 0 Å². The number of alkyl halides is 3. The molecule has 1 aromatic heterocycles. The molecule has 0 amide bonds. The van der Waals surface area contributed by atoms with E-state index in [2.05, 4.69) is 5.32 Å². The molecule has 1 aliphatic heterocycles. The quantitative estimate of drug-likeness (QED) is 0.856. The Morgan fingerprint density at radius 2 is 1.83 bits per heavy atom. The summed E-state index contributed by atoms with van der Waals surface area (Å²) in [6.07, 6.45) is -3.01. The van der Waals surface area contributed by atoms with E-state index in [0.717, 1.165) is 6.07 Å². The molecule has 1 N–H and O–H groups in total. The van der Waals surface area contributed by atoms with Crippen molar-refractivity contribution in [1.82, 2.24) is 10.2 Å². The maximum absolute atomic E-state index is 13.5. The van der Waals surface area contributed by atoms with Gasteiger partial charge in [0.05, 0.1) is 17.9 Å². The fourth-order valence-corrected chi connectivity index (χ4v) is 3.23. The lowest BCUT2D eigenvalue weighted by Gasteiger charge is -2.35. The van der Waals surface area contributed by atoms with Crippen LogP contribution in [0, 0.1) is 0 Å². The standard InChI is InChI=1S/C16H16ClF3N2O.ClH/c17-12-4-1-3-11(16(18,19)20)14(12)15(13-5-2-10-23-13)22-8-6-21-7-9-22;/h1-5,10,15,21H,6-9H2;1H/t15-;/m0./s1. The van der Waals surface area contributed by atoms with E-state index in [-0.39, 0.29) is 23.0 Å². The smallest absolute Gasteiger partial charge is 0.416 e. The van der Waals surface area contributed by atoms with Gasteiger partial charge >= 0.3 is 6.18 Å². The lowest BCUT2D eigenvalue weighted by Crippen LogP contribution is -2.45. The molecular weight excluding hydrogens is 364 g/mol. The van der Waals surface area contributed by atoms with Gasteiger partial charge in [0.25, 0.3) is 0 Å². The number of nitrogens with one attached hydrogen (secondary N) is 1. The Hall–Kier alpha value is -1.21. The Morgan fingerprint density at radius 3 is 2.42 bits per heavy atom. The molecule has 1 saturated heterocycles. The number of halogens is 5. The van der Waals surface area contributed by atoms with Crippen molar-refractivity contribution in [2.24, 2.45) is 0 Å². The highest BCUT2D eigenvalue weighted by Gasteiger charge is 2.39. The largest absolute Gasteiger partial charge is 0.467 e. The lowest BCUT2D eigenvalue weighted by atomic mass is 9.96. The highest BCUT2D eigenvalue weighted by molar-refractivity contribution is 6.31. The van der Waals surface area contributed by atoms with Crippen LogP contribution >= 0.6 is 24.0 Å². The van der Waals surface area contributed by atoms with Gasteiger partial charge < -0.3 is 9.73 Å². The monoisotopic (exact) mass is 380 g/mol. The van der Waals surface area contributed by atoms with E-state index in [1.807, 2.05) is 4.90 Å². The van der Waals surface area contributed by atoms with Crippen LogP contribution in [0.2, 0.25) is 5.02 Å². The van der Waals surface area contributed by atoms with Gasteiger partial charge in [-0.1, -0.05) is 17.7 Å². The molecule has 1 fully saturated rings. The lowest BCUT2D eigenvalue weighted by molar-refractivity contribution is -0.138. The molecule has 2 heterocycles. The first-order valence-corrected chi connectivity index (χ1v) is 7.70. The second-order valence-electron chi connectivity index (χ2n) is 5.40. The number of benzene rings is 1. The number of piperazine rings is 1. The van der Waals surface area contributed by atoms with Crippen molar-refractivity contribution in [2.45, 2.75) is 12.2 Å². The summed E-state index contributed by atoms with van der Waals surface area (Å²) >= 11 is 6.18. The third-order valence-electron chi connectivity index (χ3n) is 3.96. The van der Waals surface area contributed by atoms with E-state index < -0.39 is 17.8 Å². The summed E-state index contributed by atoms with van der Waals surface area (Å²) in [5.74, 6) is 0.463. The summed E-state index contributed by atoms with van der Waals surface area (Å²) in [6.45, 7) is 2.66. The van der Waals surface area contributed by atoms with Crippen molar-refractivity contribution in [3.63, 3.8) is 0 Å². The summed E-state index contributed by atoms with van der Waals surface area (Å²) in [4.78, 5) is 1.96. The summed E-state index contributed by atoms with van der Waals surface area (Å²) in [7, 11) is 0. The number of nitrogens with zero attached hydrogens (tertiary/aromatic N) is 1. The van der Waals surface area contributed by atoms with Crippen LogP contribution in [0.4, 0.5) is 13.2 Å². The molecule has 3 nitrogen and oxygen atoms in total. The van der Waals surface area contributed by atoms with Gasteiger partial charge in [0.1, 0.15) is 5.76 Å². The molecule has 1 atom stereocenters. The van der Waals surface area contributed by atoms with Gasteiger partial charge in [0, 0.05) is 36.8 Å². The summed E-state index contributed by atoms with van der Waals surface area (Å²) in [5.41, 5.74) is -0.663. The number of hydrogen-bond donors (Lipinski definition) is 1. The minimum Gasteiger partial charge on any atom is -0.467 e. The zero-order chi connectivity index (χ0) is 16.4. The van der Waals surface area contributed by atoms with E-state index in [1.54, 1.807) is 12.1 Å².